The number of hydrogen-bond donors (Lipinski definition) is 3. The van der Waals surface area contributed by atoms with Crippen LogP contribution in [0.15, 0.2) is 72.8 Å². The molecule has 3 aromatic carbocycles. The number of aliphatic hydroxyl groups excluding tert-OH is 1. The molecular formula is C40H49FN2O4. The van der Waals surface area contributed by atoms with E-state index in [0.29, 0.717) is 42.6 Å². The van der Waals surface area contributed by atoms with Crippen molar-refractivity contribution in [3.63, 3.8) is 0 Å². The number of fused-ring (bicyclic) bond motifs is 5. The minimum Gasteiger partial charge on any atom is -0.508 e. The predicted molar refractivity (Wildman–Crippen MR) is 183 cm³/mol. The van der Waals surface area contributed by atoms with Gasteiger partial charge in [0.05, 0.1) is 6.10 Å². The lowest BCUT2D eigenvalue weighted by Gasteiger charge is -2.54. The number of aliphatic hydroxyl groups is 1. The molecule has 2 fully saturated rings. The third-order valence-electron chi connectivity index (χ3n) is 11.5. The molecule has 3 N–H and O–H groups in total. The number of benzene rings is 3. The van der Waals surface area contributed by atoms with Crippen LogP contribution in [0, 0.1) is 23.2 Å². The number of amides is 2. The summed E-state index contributed by atoms with van der Waals surface area (Å²) in [6, 6.07) is 22.6. The molecule has 0 radical (unpaired) electrons. The Labute approximate surface area is 278 Å². The van der Waals surface area contributed by atoms with Crippen LogP contribution in [0.5, 0.6) is 5.75 Å². The molecule has 0 aliphatic heterocycles. The van der Waals surface area contributed by atoms with Crippen LogP contribution in [0.4, 0.5) is 10.1 Å². The van der Waals surface area contributed by atoms with Crippen molar-refractivity contribution in [3.05, 3.63) is 95.1 Å². The van der Waals surface area contributed by atoms with Crippen LogP contribution in [-0.4, -0.2) is 45.7 Å². The van der Waals surface area contributed by atoms with E-state index in [-0.39, 0.29) is 34.8 Å². The summed E-state index contributed by atoms with van der Waals surface area (Å²) in [5.41, 5.74) is 4.12. The van der Waals surface area contributed by atoms with Crippen LogP contribution in [-0.2, 0) is 17.8 Å². The molecule has 6 rings (SSSR count). The highest BCUT2D eigenvalue weighted by atomic mass is 19.1. The summed E-state index contributed by atoms with van der Waals surface area (Å²) in [4.78, 5) is 26.9. The number of anilines is 1. The number of phenols is 1. The van der Waals surface area contributed by atoms with Crippen molar-refractivity contribution >= 4 is 17.5 Å². The first-order valence-electron chi connectivity index (χ1n) is 17.5. The van der Waals surface area contributed by atoms with Crippen LogP contribution in [0.2, 0.25) is 0 Å². The molecule has 0 bridgehead atoms. The SMILES string of the molecule is CC(=O)Nc1ccc(C(=O)N(CCCCCC[C@@H]2Cc3cc(O)ccc3C3C2C2CC[C@H](O)[C@@]2(C)C[C@@H]3F)Cc2ccccc2)cc1. The van der Waals surface area contributed by atoms with Gasteiger partial charge in [0.2, 0.25) is 5.91 Å². The van der Waals surface area contributed by atoms with E-state index < -0.39 is 12.3 Å². The molecular weight excluding hydrogens is 591 g/mol. The molecule has 0 aromatic heterocycles. The van der Waals surface area contributed by atoms with Gasteiger partial charge in [-0.05, 0) is 115 Å². The average molecular weight is 641 g/mol. The lowest BCUT2D eigenvalue weighted by atomic mass is 9.51. The number of halogens is 1. The number of carbonyl (C=O) groups is 2. The average Bonchev–Trinajstić information content (AvgIpc) is 3.34. The maximum absolute atomic E-state index is 16.1. The highest BCUT2D eigenvalue weighted by Gasteiger charge is 2.59. The van der Waals surface area contributed by atoms with Crippen LogP contribution in [0.3, 0.4) is 0 Å². The molecule has 6 nitrogen and oxygen atoms in total. The molecule has 3 unspecified atom stereocenters. The Hall–Kier alpha value is -3.71. The van der Waals surface area contributed by atoms with Gasteiger partial charge in [-0.2, -0.15) is 0 Å². The fourth-order valence-corrected chi connectivity index (χ4v) is 9.23. The van der Waals surface area contributed by atoms with Crippen molar-refractivity contribution in [1.29, 1.82) is 0 Å². The molecule has 0 spiro atoms. The van der Waals surface area contributed by atoms with Crippen molar-refractivity contribution in [1.82, 2.24) is 4.90 Å². The number of nitrogens with one attached hydrogen (secondary N) is 1. The lowest BCUT2D eigenvalue weighted by Crippen LogP contribution is -2.51. The normalized spacial score (nSPS) is 27.7. The molecule has 2 amide bonds. The fourth-order valence-electron chi connectivity index (χ4n) is 9.23. The summed E-state index contributed by atoms with van der Waals surface area (Å²) < 4.78 is 16.1. The molecule has 2 saturated carbocycles. The van der Waals surface area contributed by atoms with Crippen molar-refractivity contribution in [3.8, 4) is 5.75 Å². The molecule has 3 aromatic rings. The van der Waals surface area contributed by atoms with Gasteiger partial charge in [0.1, 0.15) is 11.9 Å². The maximum atomic E-state index is 16.1. The van der Waals surface area contributed by atoms with Gasteiger partial charge >= 0.3 is 0 Å². The van der Waals surface area contributed by atoms with E-state index in [2.05, 4.69) is 12.2 Å². The standard InChI is InChI=1S/C40H49FN2O4/c1-26(44)42-31-15-13-28(14-16-31)39(47)43(25-27-10-6-5-7-11-27)21-9-4-3-8-12-29-22-30-23-32(45)17-18-33(30)38-35(41)24-40(2)34(37(29)38)19-20-36(40)46/h5-7,10-11,13-18,23,29,34-38,45-46H,3-4,8-9,12,19-22,24-25H2,1-2H3,(H,42,44)/t29-,34?,35+,36+,37?,38?,40+/m1/s1. The van der Waals surface area contributed by atoms with Gasteiger partial charge in [-0.3, -0.25) is 9.59 Å². The zero-order valence-corrected chi connectivity index (χ0v) is 27.7. The minimum absolute atomic E-state index is 0.0294. The summed E-state index contributed by atoms with van der Waals surface area (Å²) >= 11 is 0. The summed E-state index contributed by atoms with van der Waals surface area (Å²) in [7, 11) is 0. The molecule has 7 atom stereocenters. The predicted octanol–water partition coefficient (Wildman–Crippen LogP) is 8.03. The van der Waals surface area contributed by atoms with Gasteiger partial charge in [-0.25, -0.2) is 4.39 Å². The Kier molecular flexibility index (Phi) is 10.0. The third-order valence-corrected chi connectivity index (χ3v) is 11.5. The second-order valence-electron chi connectivity index (χ2n) is 14.5. The van der Waals surface area contributed by atoms with Gasteiger partial charge in [0.25, 0.3) is 5.91 Å². The second-order valence-corrected chi connectivity index (χ2v) is 14.5. The number of nitrogens with zero attached hydrogens (tertiary/aromatic N) is 1. The Balaban J connectivity index is 1.09. The van der Waals surface area contributed by atoms with Crippen molar-refractivity contribution in [2.45, 2.75) is 96.4 Å². The quantitative estimate of drug-likeness (QED) is 0.185. The van der Waals surface area contributed by atoms with E-state index >= 15 is 4.39 Å². The van der Waals surface area contributed by atoms with Gasteiger partial charge < -0.3 is 20.4 Å². The Morgan fingerprint density at radius 2 is 1.72 bits per heavy atom. The topological polar surface area (TPSA) is 89.9 Å². The summed E-state index contributed by atoms with van der Waals surface area (Å²) in [5.74, 6) is 0.727. The van der Waals surface area contributed by atoms with Crippen LogP contribution < -0.4 is 5.32 Å². The monoisotopic (exact) mass is 640 g/mol. The Morgan fingerprint density at radius 3 is 2.47 bits per heavy atom. The maximum Gasteiger partial charge on any atom is 0.254 e. The summed E-state index contributed by atoms with van der Waals surface area (Å²) in [6.07, 6.45) is 6.47. The fraction of sp³-hybridized carbons (Fsp3) is 0.500. The molecule has 0 heterocycles. The first kappa shape index (κ1) is 33.2. The molecule has 3 aliphatic rings. The molecule has 7 heteroatoms. The molecule has 250 valence electrons. The largest absolute Gasteiger partial charge is 0.508 e. The highest BCUT2D eigenvalue weighted by molar-refractivity contribution is 5.95. The highest BCUT2D eigenvalue weighted by Crippen LogP contribution is 2.63. The molecule has 47 heavy (non-hydrogen) atoms. The van der Waals surface area contributed by atoms with Crippen LogP contribution in [0.25, 0.3) is 0 Å². The van der Waals surface area contributed by atoms with Crippen LogP contribution in [0.1, 0.15) is 98.2 Å². The number of unbranched alkanes of at least 4 members (excludes halogenated alkanes) is 3. The second kappa shape index (κ2) is 14.2. The van der Waals surface area contributed by atoms with E-state index in [1.54, 1.807) is 30.3 Å². The Bertz CT molecular complexity index is 1550. The number of aromatic hydroxyl groups is 1. The first-order chi connectivity index (χ1) is 22.6. The summed E-state index contributed by atoms with van der Waals surface area (Å²) in [5, 5.41) is 23.9. The van der Waals surface area contributed by atoms with Gasteiger partial charge in [0.15, 0.2) is 0 Å². The number of phenolic OH excluding ortho intramolecular Hbond substituents is 1. The van der Waals surface area contributed by atoms with Crippen LogP contribution >= 0.6 is 0 Å². The van der Waals surface area contributed by atoms with E-state index in [9.17, 15) is 19.8 Å². The van der Waals surface area contributed by atoms with Crippen molar-refractivity contribution in [2.75, 3.05) is 11.9 Å². The number of carbonyl (C=O) groups excluding carboxylic acids is 2. The Morgan fingerprint density at radius 1 is 0.979 bits per heavy atom. The minimum atomic E-state index is -0.991. The smallest absolute Gasteiger partial charge is 0.254 e. The van der Waals surface area contributed by atoms with Gasteiger partial charge in [-0.15, -0.1) is 0 Å². The zero-order valence-electron chi connectivity index (χ0n) is 27.7. The molecule has 0 saturated heterocycles. The van der Waals surface area contributed by atoms with E-state index in [1.807, 2.05) is 47.4 Å². The summed E-state index contributed by atoms with van der Waals surface area (Å²) in [6.45, 7) is 4.75. The first-order valence-corrected chi connectivity index (χ1v) is 17.5. The van der Waals surface area contributed by atoms with Crippen molar-refractivity contribution in [2.24, 2.45) is 23.2 Å². The van der Waals surface area contributed by atoms with E-state index in [1.165, 1.54) is 6.92 Å². The third kappa shape index (κ3) is 7.11. The van der Waals surface area contributed by atoms with Gasteiger partial charge in [0, 0.05) is 37.2 Å². The number of hydrogen-bond acceptors (Lipinski definition) is 4. The molecule has 3 aliphatic carbocycles. The lowest BCUT2D eigenvalue weighted by molar-refractivity contribution is -0.114. The van der Waals surface area contributed by atoms with E-state index in [4.69, 9.17) is 0 Å². The number of rotatable bonds is 11. The zero-order chi connectivity index (χ0) is 33.1. The number of alkyl halides is 1. The van der Waals surface area contributed by atoms with E-state index in [0.717, 1.165) is 68.1 Å². The van der Waals surface area contributed by atoms with Crippen molar-refractivity contribution < 1.29 is 24.2 Å². The van der Waals surface area contributed by atoms with Gasteiger partial charge in [-0.1, -0.05) is 62.6 Å².